The molecular weight excluding hydrogens is 372 g/mol. The number of nitrogens with zero attached hydrogens (tertiary/aromatic N) is 5. The van der Waals surface area contributed by atoms with E-state index in [1.54, 1.807) is 0 Å². The van der Waals surface area contributed by atoms with Gasteiger partial charge >= 0.3 is 5.97 Å². The number of tetrazole rings is 1. The summed E-state index contributed by atoms with van der Waals surface area (Å²) in [5.41, 5.74) is 4.98. The Morgan fingerprint density at radius 1 is 1.56 bits per heavy atom. The number of carbonyl (C=O) groups excluding carboxylic acids is 1. The van der Waals surface area contributed by atoms with Gasteiger partial charge in [0.1, 0.15) is 17.8 Å². The summed E-state index contributed by atoms with van der Waals surface area (Å²) in [5.74, 6) is -1.00. The molecule has 0 bridgehead atoms. The molecule has 2 aliphatic rings. The van der Waals surface area contributed by atoms with Gasteiger partial charge in [0.05, 0.1) is 0 Å². The fourth-order valence-electron chi connectivity index (χ4n) is 2.57. The Hall–Kier alpha value is -1.67. The number of thioether (sulfide) groups is 2. The quantitative estimate of drug-likeness (QED) is 0.334. The number of hydrogen-bond acceptors (Lipinski definition) is 10. The second-order valence-corrected chi connectivity index (χ2v) is 7.27. The number of nitrogens with two attached hydrogens (primary N) is 1. The van der Waals surface area contributed by atoms with E-state index in [4.69, 9.17) is 15.2 Å². The molecule has 1 amide bonds. The Morgan fingerprint density at radius 3 is 2.96 bits per heavy atom. The normalized spacial score (nSPS) is 25.8. The third-order valence-corrected chi connectivity index (χ3v) is 6.25. The highest BCUT2D eigenvalue weighted by Gasteiger charge is 2.63. The van der Waals surface area contributed by atoms with Gasteiger partial charge in [-0.1, -0.05) is 11.8 Å². The number of aromatic nitrogens is 4. The van der Waals surface area contributed by atoms with E-state index in [-0.39, 0.29) is 12.4 Å². The Labute approximate surface area is 150 Å². The molecule has 1 saturated heterocycles. The summed E-state index contributed by atoms with van der Waals surface area (Å²) in [7, 11) is 2.85. The number of hydrogen-bond donors (Lipinski definition) is 2. The van der Waals surface area contributed by atoms with Crippen LogP contribution < -0.4 is 5.73 Å². The molecule has 0 saturated carbocycles. The maximum atomic E-state index is 12.3. The summed E-state index contributed by atoms with van der Waals surface area (Å²) in [6, 6.07) is 0. The molecule has 3 N–H and O–H groups in total. The Kier molecular flexibility index (Phi) is 5.02. The van der Waals surface area contributed by atoms with Crippen LogP contribution in [0.1, 0.15) is 0 Å². The monoisotopic (exact) mass is 388 g/mol. The van der Waals surface area contributed by atoms with Crippen LogP contribution in [-0.4, -0.2) is 78.9 Å². The molecule has 13 heteroatoms. The summed E-state index contributed by atoms with van der Waals surface area (Å²) < 4.78 is 11.5. The highest BCUT2D eigenvalue weighted by Crippen LogP contribution is 2.45. The minimum Gasteiger partial charge on any atom is -0.477 e. The van der Waals surface area contributed by atoms with E-state index < -0.39 is 23.0 Å². The van der Waals surface area contributed by atoms with Crippen molar-refractivity contribution in [2.75, 3.05) is 25.7 Å². The molecule has 2 aliphatic heterocycles. The van der Waals surface area contributed by atoms with E-state index >= 15 is 0 Å². The first-order chi connectivity index (χ1) is 11.9. The topological polar surface area (TPSA) is 146 Å². The van der Waals surface area contributed by atoms with E-state index in [1.807, 2.05) is 0 Å². The molecule has 136 valence electrons. The number of methoxy groups -OCH3 is 2. The zero-order chi connectivity index (χ0) is 18.2. The lowest BCUT2D eigenvalue weighted by atomic mass is 10.00. The van der Waals surface area contributed by atoms with Crippen LogP contribution in [0.4, 0.5) is 0 Å². The molecule has 3 heterocycles. The lowest BCUT2D eigenvalue weighted by molar-refractivity contribution is -0.182. The molecule has 0 unspecified atom stereocenters. The highest BCUT2D eigenvalue weighted by atomic mass is 32.2. The SMILES string of the molecule is COCn1nnnc1SCC1=C(C(=O)O)N2C(=O)[C@](N)(OC)[C@H]2SC1. The predicted molar refractivity (Wildman–Crippen MR) is 87.2 cm³/mol. The first-order valence-electron chi connectivity index (χ1n) is 7.06. The van der Waals surface area contributed by atoms with Crippen LogP contribution in [0.5, 0.6) is 0 Å². The van der Waals surface area contributed by atoms with Crippen molar-refractivity contribution in [1.82, 2.24) is 25.1 Å². The minimum atomic E-state index is -1.48. The zero-order valence-corrected chi connectivity index (χ0v) is 15.0. The van der Waals surface area contributed by atoms with Crippen molar-refractivity contribution in [3.05, 3.63) is 11.3 Å². The third kappa shape index (κ3) is 2.91. The van der Waals surface area contributed by atoms with Gasteiger partial charge in [-0.3, -0.25) is 15.4 Å². The van der Waals surface area contributed by atoms with E-state index in [2.05, 4.69) is 15.5 Å². The van der Waals surface area contributed by atoms with Crippen molar-refractivity contribution in [2.45, 2.75) is 23.0 Å². The smallest absolute Gasteiger partial charge is 0.352 e. The Bertz CT molecular complexity index is 739. The van der Waals surface area contributed by atoms with Crippen molar-refractivity contribution in [3.63, 3.8) is 0 Å². The van der Waals surface area contributed by atoms with Crippen LogP contribution in [0.25, 0.3) is 0 Å². The van der Waals surface area contributed by atoms with Crippen molar-refractivity contribution < 1.29 is 24.2 Å². The van der Waals surface area contributed by atoms with Gasteiger partial charge in [-0.05, 0) is 16.0 Å². The van der Waals surface area contributed by atoms with Gasteiger partial charge in [0.2, 0.25) is 10.9 Å². The highest BCUT2D eigenvalue weighted by molar-refractivity contribution is 8.01. The molecule has 1 aromatic heterocycles. The van der Waals surface area contributed by atoms with Crippen LogP contribution in [0.2, 0.25) is 0 Å². The van der Waals surface area contributed by atoms with Gasteiger partial charge in [0.15, 0.2) is 0 Å². The molecule has 25 heavy (non-hydrogen) atoms. The van der Waals surface area contributed by atoms with Gasteiger partial charge in [-0.15, -0.1) is 16.9 Å². The Morgan fingerprint density at radius 2 is 2.32 bits per heavy atom. The minimum absolute atomic E-state index is 0.0508. The fourth-order valence-corrected chi connectivity index (χ4v) is 4.97. The lowest BCUT2D eigenvalue weighted by Gasteiger charge is -2.54. The first-order valence-corrected chi connectivity index (χ1v) is 9.10. The van der Waals surface area contributed by atoms with Crippen LogP contribution >= 0.6 is 23.5 Å². The molecule has 1 fully saturated rings. The van der Waals surface area contributed by atoms with Crippen LogP contribution in [0.15, 0.2) is 16.4 Å². The maximum Gasteiger partial charge on any atom is 0.352 e. The second-order valence-electron chi connectivity index (χ2n) is 5.26. The van der Waals surface area contributed by atoms with Crippen molar-refractivity contribution in [3.8, 4) is 0 Å². The summed E-state index contributed by atoms with van der Waals surface area (Å²) in [4.78, 5) is 25.2. The molecule has 0 radical (unpaired) electrons. The average molecular weight is 388 g/mol. The number of rotatable bonds is 7. The van der Waals surface area contributed by atoms with Crippen molar-refractivity contribution >= 4 is 35.4 Å². The molecular formula is C12H16N6O5S2. The fraction of sp³-hybridized carbons (Fsp3) is 0.583. The van der Waals surface area contributed by atoms with Gasteiger partial charge < -0.3 is 14.6 Å². The summed E-state index contributed by atoms with van der Waals surface area (Å²) in [6.07, 6.45) is 0. The van der Waals surface area contributed by atoms with Gasteiger partial charge in [-0.25, -0.2) is 4.79 Å². The third-order valence-electron chi connectivity index (χ3n) is 3.81. The lowest BCUT2D eigenvalue weighted by Crippen LogP contribution is -2.78. The average Bonchev–Trinajstić information content (AvgIpc) is 3.05. The van der Waals surface area contributed by atoms with Gasteiger partial charge in [-0.2, -0.15) is 4.68 Å². The summed E-state index contributed by atoms with van der Waals surface area (Å²) >= 11 is 2.63. The molecule has 0 aliphatic carbocycles. The van der Waals surface area contributed by atoms with Gasteiger partial charge in [0, 0.05) is 25.7 Å². The summed E-state index contributed by atoms with van der Waals surface area (Å²) in [6.45, 7) is 0.186. The number of β-lactam (4-membered cyclic amide) rings is 1. The number of fused-ring (bicyclic) bond motifs is 1. The van der Waals surface area contributed by atoms with E-state index in [0.717, 1.165) is 0 Å². The van der Waals surface area contributed by atoms with E-state index in [1.165, 1.54) is 47.3 Å². The molecule has 0 aromatic carbocycles. The largest absolute Gasteiger partial charge is 0.477 e. The maximum absolute atomic E-state index is 12.3. The first kappa shape index (κ1) is 18.1. The van der Waals surface area contributed by atoms with E-state index in [0.29, 0.717) is 22.2 Å². The molecule has 2 atom stereocenters. The van der Waals surface area contributed by atoms with Crippen LogP contribution in [-0.2, 0) is 25.8 Å². The number of aliphatic carboxylic acids is 1. The molecule has 0 spiro atoms. The zero-order valence-electron chi connectivity index (χ0n) is 13.4. The Balaban J connectivity index is 1.81. The van der Waals surface area contributed by atoms with Crippen LogP contribution in [0, 0.1) is 0 Å². The standard InChI is InChI=1S/C12H16N6O5S2/c1-22-5-17-11(14-15-16-17)25-4-6-3-24-10-12(13,23-2)9(21)18(10)7(6)8(19)20/h10H,3-5,13H2,1-2H3,(H,19,20)/t10-,12+/m1/s1. The van der Waals surface area contributed by atoms with Crippen LogP contribution in [0.3, 0.4) is 0 Å². The summed E-state index contributed by atoms with van der Waals surface area (Å²) in [5, 5.41) is 20.7. The van der Waals surface area contributed by atoms with Crippen molar-refractivity contribution in [2.24, 2.45) is 5.73 Å². The number of amides is 1. The second kappa shape index (κ2) is 6.92. The molecule has 3 rings (SSSR count). The van der Waals surface area contributed by atoms with Gasteiger partial charge in [0.25, 0.3) is 5.91 Å². The van der Waals surface area contributed by atoms with E-state index in [9.17, 15) is 14.7 Å². The van der Waals surface area contributed by atoms with Crippen molar-refractivity contribution in [1.29, 1.82) is 0 Å². The molecule has 1 aromatic rings. The molecule has 11 nitrogen and oxygen atoms in total. The number of ether oxygens (including phenoxy) is 2. The number of carbonyl (C=O) groups is 2. The number of carboxylic acid groups (broad SMARTS) is 1. The predicted octanol–water partition coefficient (Wildman–Crippen LogP) is -1.08. The number of carboxylic acids is 1.